The Hall–Kier alpha value is -4.74. The quantitative estimate of drug-likeness (QED) is 0.0577. The molecule has 0 radical (unpaired) electrons. The fourth-order valence-corrected chi connectivity index (χ4v) is 5.60. The molecule has 0 saturated heterocycles. The van der Waals surface area contributed by atoms with Gasteiger partial charge in [-0.1, -0.05) is 77.1 Å². The Morgan fingerprint density at radius 1 is 0.529 bits per heavy atom. The maximum Gasteiger partial charge on any atom is 0.257 e. The molecule has 0 aliphatic rings. The molecule has 0 spiro atoms. The monoisotopic (exact) mass is 766 g/mol. The molecule has 0 unspecified atom stereocenters. The van der Waals surface area contributed by atoms with Crippen molar-refractivity contribution >= 4 is 92.8 Å². The van der Waals surface area contributed by atoms with Gasteiger partial charge in [0.15, 0.2) is 0 Å². The van der Waals surface area contributed by atoms with Gasteiger partial charge in [0.05, 0.1) is 32.6 Å². The summed E-state index contributed by atoms with van der Waals surface area (Å²) in [6.45, 7) is 3.53. The highest BCUT2D eigenvalue weighted by atomic mass is 35.5. The molecule has 4 N–H and O–H groups in total. The summed E-state index contributed by atoms with van der Waals surface area (Å²) in [5.74, 6) is -1.20. The van der Waals surface area contributed by atoms with E-state index in [1.54, 1.807) is 86.6 Å². The Kier molecular flexibility index (Phi) is 14.6. The molecule has 14 heteroatoms. The van der Waals surface area contributed by atoms with Gasteiger partial charge in [-0.3, -0.25) is 19.2 Å². The zero-order valence-corrected chi connectivity index (χ0v) is 30.7. The second-order valence-electron chi connectivity index (χ2n) is 11.3. The number of hydrazone groups is 2. The van der Waals surface area contributed by atoms with Crippen LogP contribution in [0.3, 0.4) is 0 Å². The molecule has 0 aromatic heterocycles. The Labute approximate surface area is 315 Å². The molecule has 0 saturated carbocycles. The maximum atomic E-state index is 12.5. The summed E-state index contributed by atoms with van der Waals surface area (Å²) in [6, 6.07) is 23.3. The smallest absolute Gasteiger partial charge is 0.257 e. The summed E-state index contributed by atoms with van der Waals surface area (Å²) in [6.07, 6.45) is 2.38. The van der Waals surface area contributed by atoms with Crippen molar-refractivity contribution in [3.63, 3.8) is 0 Å². The molecule has 0 aliphatic carbocycles. The van der Waals surface area contributed by atoms with Gasteiger partial charge in [-0.05, 0) is 98.5 Å². The van der Waals surface area contributed by atoms with Crippen molar-refractivity contribution in [2.45, 2.75) is 46.0 Å². The Balaban J connectivity index is 1.12. The number of carbonyl (C=O) groups excluding carboxylic acids is 4. The molecule has 10 nitrogen and oxygen atoms in total. The third-order valence-corrected chi connectivity index (χ3v) is 8.57. The lowest BCUT2D eigenvalue weighted by Crippen LogP contribution is -2.19. The number of nitrogens with zero attached hydrogens (tertiary/aromatic N) is 2. The van der Waals surface area contributed by atoms with Crippen LogP contribution in [0.15, 0.2) is 95.1 Å². The summed E-state index contributed by atoms with van der Waals surface area (Å²) in [7, 11) is 0. The normalized spacial score (nSPS) is 11.5. The largest absolute Gasteiger partial charge is 0.322 e. The topological polar surface area (TPSA) is 141 Å². The van der Waals surface area contributed by atoms with E-state index in [9.17, 15) is 19.2 Å². The van der Waals surface area contributed by atoms with Crippen molar-refractivity contribution in [2.75, 3.05) is 10.6 Å². The molecule has 51 heavy (non-hydrogen) atoms. The van der Waals surface area contributed by atoms with Gasteiger partial charge >= 0.3 is 0 Å². The van der Waals surface area contributed by atoms with Gasteiger partial charge in [-0.15, -0.1) is 0 Å². The molecule has 0 aliphatic heterocycles. The summed E-state index contributed by atoms with van der Waals surface area (Å²) in [4.78, 5) is 49.7. The first kappa shape index (κ1) is 39.1. The molecule has 0 fully saturated rings. The van der Waals surface area contributed by atoms with Gasteiger partial charge in [0, 0.05) is 34.3 Å². The number of unbranched alkanes of at least 4 members (excludes halogenated alkanes) is 2. The highest BCUT2D eigenvalue weighted by Crippen LogP contribution is 2.24. The van der Waals surface area contributed by atoms with Gasteiger partial charge in [0.1, 0.15) is 0 Å². The van der Waals surface area contributed by atoms with E-state index in [0.717, 1.165) is 11.1 Å². The van der Waals surface area contributed by atoms with Crippen molar-refractivity contribution < 1.29 is 19.2 Å². The van der Waals surface area contributed by atoms with E-state index in [0.29, 0.717) is 63.2 Å². The van der Waals surface area contributed by atoms with Crippen LogP contribution >= 0.6 is 46.4 Å². The van der Waals surface area contributed by atoms with Crippen molar-refractivity contribution in [2.24, 2.45) is 10.2 Å². The van der Waals surface area contributed by atoms with Crippen LogP contribution in [-0.2, 0) is 9.59 Å². The third-order valence-electron chi connectivity index (χ3n) is 7.48. The van der Waals surface area contributed by atoms with E-state index in [1.807, 2.05) is 0 Å². The second-order valence-corrected chi connectivity index (χ2v) is 13.0. The van der Waals surface area contributed by atoms with Crippen LogP contribution < -0.4 is 21.5 Å². The van der Waals surface area contributed by atoms with Crippen molar-refractivity contribution in [1.29, 1.82) is 0 Å². The molecular weight excluding hydrogens is 734 g/mol. The highest BCUT2D eigenvalue weighted by molar-refractivity contribution is 6.38. The Morgan fingerprint density at radius 2 is 0.902 bits per heavy atom. The summed E-state index contributed by atoms with van der Waals surface area (Å²) >= 11 is 24.0. The minimum Gasteiger partial charge on any atom is -0.322 e. The van der Waals surface area contributed by atoms with E-state index in [-0.39, 0.29) is 46.5 Å². The van der Waals surface area contributed by atoms with Crippen LogP contribution in [-0.4, -0.2) is 35.1 Å². The van der Waals surface area contributed by atoms with Gasteiger partial charge in [0.2, 0.25) is 11.8 Å². The molecule has 0 atom stereocenters. The van der Waals surface area contributed by atoms with E-state index in [2.05, 4.69) is 31.7 Å². The summed E-state index contributed by atoms with van der Waals surface area (Å²) in [5.41, 5.74) is 9.59. The van der Waals surface area contributed by atoms with E-state index in [1.165, 1.54) is 12.1 Å². The number of carbonyl (C=O) groups is 4. The first-order valence-electron chi connectivity index (χ1n) is 15.8. The van der Waals surface area contributed by atoms with Gasteiger partial charge in [-0.2, -0.15) is 10.2 Å². The zero-order chi connectivity index (χ0) is 36.9. The number of hydrogen-bond acceptors (Lipinski definition) is 6. The first-order chi connectivity index (χ1) is 24.4. The lowest BCUT2D eigenvalue weighted by Gasteiger charge is -2.08. The molecule has 4 rings (SSSR count). The molecule has 0 bridgehead atoms. The van der Waals surface area contributed by atoms with Crippen LogP contribution in [0.1, 0.15) is 77.8 Å². The van der Waals surface area contributed by atoms with E-state index < -0.39 is 0 Å². The van der Waals surface area contributed by atoms with E-state index in [4.69, 9.17) is 46.4 Å². The number of benzene rings is 4. The first-order valence-corrected chi connectivity index (χ1v) is 17.3. The lowest BCUT2D eigenvalue weighted by atomic mass is 10.1. The highest BCUT2D eigenvalue weighted by Gasteiger charge is 2.13. The van der Waals surface area contributed by atoms with Gasteiger partial charge in [-0.25, -0.2) is 10.9 Å². The van der Waals surface area contributed by atoms with Crippen LogP contribution in [0.25, 0.3) is 0 Å². The Bertz CT molecular complexity index is 1820. The van der Waals surface area contributed by atoms with Crippen molar-refractivity contribution in [1.82, 2.24) is 10.9 Å². The molecule has 264 valence electrons. The average molecular weight is 769 g/mol. The standard InChI is InChI=1S/C37H34Cl4N6O4/c1-22(24-8-14-28(15-9-24)42-36(50)30-18-12-26(38)20-32(30)40)44-46-34(48)6-4-3-5-7-35(49)47-45-23(2)25-10-16-29(17-11-25)43-37(51)31-19-13-27(39)21-33(31)41/h8-21H,3-7H2,1-2H3,(H,42,50)(H,43,51)(H,46,48)(H,47,49). The zero-order valence-electron chi connectivity index (χ0n) is 27.7. The fraction of sp³-hybridized carbons (Fsp3) is 0.189. The van der Waals surface area contributed by atoms with E-state index >= 15 is 0 Å². The Morgan fingerprint density at radius 3 is 1.25 bits per heavy atom. The number of amides is 4. The summed E-state index contributed by atoms with van der Waals surface area (Å²) in [5, 5.41) is 15.3. The fourth-order valence-electron chi connectivity index (χ4n) is 4.61. The minimum atomic E-state index is -0.364. The number of halogens is 4. The number of nitrogens with one attached hydrogen (secondary N) is 4. The minimum absolute atomic E-state index is 0.234. The SMILES string of the molecule is CC(=NNC(=O)CCCCCC(=O)NN=C(C)c1ccc(NC(=O)c2ccc(Cl)cc2Cl)cc1)c1ccc(NC(=O)c2ccc(Cl)cc2Cl)cc1. The van der Waals surface area contributed by atoms with Gasteiger partial charge in [0.25, 0.3) is 11.8 Å². The van der Waals surface area contributed by atoms with Crippen LogP contribution in [0.5, 0.6) is 0 Å². The number of hydrogen-bond donors (Lipinski definition) is 4. The van der Waals surface area contributed by atoms with Crippen LogP contribution in [0.4, 0.5) is 11.4 Å². The van der Waals surface area contributed by atoms with Crippen molar-refractivity contribution in [3.8, 4) is 0 Å². The second kappa shape index (κ2) is 19.0. The van der Waals surface area contributed by atoms with Gasteiger partial charge < -0.3 is 10.6 Å². The molecule has 4 amide bonds. The predicted octanol–water partition coefficient (Wildman–Crippen LogP) is 9.14. The average Bonchev–Trinajstić information content (AvgIpc) is 3.09. The van der Waals surface area contributed by atoms with Crippen LogP contribution in [0, 0.1) is 0 Å². The number of rotatable bonds is 14. The predicted molar refractivity (Wildman–Crippen MR) is 206 cm³/mol. The van der Waals surface area contributed by atoms with Crippen LogP contribution in [0.2, 0.25) is 20.1 Å². The molecule has 4 aromatic carbocycles. The maximum absolute atomic E-state index is 12.5. The van der Waals surface area contributed by atoms with Crippen molar-refractivity contribution in [3.05, 3.63) is 127 Å². The number of anilines is 2. The molecular formula is C37H34Cl4N6O4. The summed E-state index contributed by atoms with van der Waals surface area (Å²) < 4.78 is 0. The lowest BCUT2D eigenvalue weighted by molar-refractivity contribution is -0.121. The molecule has 0 heterocycles. The third kappa shape index (κ3) is 12.2. The molecule has 4 aromatic rings.